The van der Waals surface area contributed by atoms with Crippen molar-refractivity contribution in [2.75, 3.05) is 7.11 Å². The molecule has 1 aromatic rings. The summed E-state index contributed by atoms with van der Waals surface area (Å²) in [5, 5.41) is 0. The lowest BCUT2D eigenvalue weighted by molar-refractivity contribution is -0.139. The Labute approximate surface area is 98.9 Å². The van der Waals surface area contributed by atoms with Gasteiger partial charge in [0.05, 0.1) is 13.5 Å². The molecule has 13 heavy (non-hydrogen) atoms. The van der Waals surface area contributed by atoms with Crippen LogP contribution in [-0.4, -0.2) is 13.1 Å². The molecule has 0 atom stereocenters. The van der Waals surface area contributed by atoms with Gasteiger partial charge in [-0.05, 0) is 50.2 Å². The molecule has 4 heteroatoms. The lowest BCUT2D eigenvalue weighted by atomic mass is 10.2. The fourth-order valence-electron chi connectivity index (χ4n) is 0.913. The van der Waals surface area contributed by atoms with Crippen molar-refractivity contribution in [1.29, 1.82) is 0 Å². The van der Waals surface area contributed by atoms with E-state index in [-0.39, 0.29) is 5.97 Å². The Morgan fingerprint density at radius 3 is 2.92 bits per heavy atom. The topological polar surface area (TPSA) is 26.3 Å². The van der Waals surface area contributed by atoms with Crippen molar-refractivity contribution in [3.8, 4) is 0 Å². The summed E-state index contributed by atoms with van der Waals surface area (Å²) in [6.07, 6.45) is 0.313. The molecule has 0 saturated heterocycles. The largest absolute Gasteiger partial charge is 0.469 e. The summed E-state index contributed by atoms with van der Waals surface area (Å²) in [5.41, 5.74) is 0.957. The van der Waals surface area contributed by atoms with Crippen molar-refractivity contribution in [2.45, 2.75) is 6.42 Å². The molecule has 0 radical (unpaired) electrons. The van der Waals surface area contributed by atoms with Crippen LogP contribution in [0.3, 0.4) is 0 Å². The van der Waals surface area contributed by atoms with Crippen molar-refractivity contribution >= 4 is 44.5 Å². The molecule has 1 rings (SSSR count). The van der Waals surface area contributed by atoms with Gasteiger partial charge in [0, 0.05) is 8.04 Å². The fourth-order valence-corrected chi connectivity index (χ4v) is 1.87. The van der Waals surface area contributed by atoms with Gasteiger partial charge in [0.1, 0.15) is 0 Å². The minimum atomic E-state index is -0.220. The van der Waals surface area contributed by atoms with Gasteiger partial charge in [-0.3, -0.25) is 4.79 Å². The molecule has 0 fully saturated rings. The van der Waals surface area contributed by atoms with Crippen LogP contribution in [0.4, 0.5) is 0 Å². The van der Waals surface area contributed by atoms with Gasteiger partial charge in [0.2, 0.25) is 0 Å². The lowest BCUT2D eigenvalue weighted by Crippen LogP contribution is -2.05. The molecular formula is C9H8BrIO2. The van der Waals surface area contributed by atoms with Gasteiger partial charge in [-0.2, -0.15) is 0 Å². The highest BCUT2D eigenvalue weighted by Crippen LogP contribution is 2.23. The quantitative estimate of drug-likeness (QED) is 0.603. The summed E-state index contributed by atoms with van der Waals surface area (Å²) in [4.78, 5) is 11.0. The van der Waals surface area contributed by atoms with Gasteiger partial charge in [-0.25, -0.2) is 0 Å². The summed E-state index contributed by atoms with van der Waals surface area (Å²) < 4.78 is 6.66. The number of benzene rings is 1. The van der Waals surface area contributed by atoms with Crippen molar-refractivity contribution in [1.82, 2.24) is 0 Å². The molecule has 2 nitrogen and oxygen atoms in total. The Hall–Kier alpha value is -0.100. The summed E-state index contributed by atoms with van der Waals surface area (Å²) in [5.74, 6) is -0.220. The van der Waals surface area contributed by atoms with Crippen molar-refractivity contribution in [3.05, 3.63) is 31.8 Å². The van der Waals surface area contributed by atoms with Gasteiger partial charge in [-0.15, -0.1) is 0 Å². The smallest absolute Gasteiger partial charge is 0.310 e. The van der Waals surface area contributed by atoms with Gasteiger partial charge < -0.3 is 4.74 Å². The SMILES string of the molecule is COC(=O)Cc1cccc(I)c1Br. The maximum Gasteiger partial charge on any atom is 0.310 e. The first-order chi connectivity index (χ1) is 6.15. The maximum atomic E-state index is 11.0. The predicted octanol–water partition coefficient (Wildman–Crippen LogP) is 2.77. The molecule has 70 valence electrons. The predicted molar refractivity (Wildman–Crippen MR) is 62.6 cm³/mol. The first-order valence-electron chi connectivity index (χ1n) is 3.65. The zero-order chi connectivity index (χ0) is 9.84. The van der Waals surface area contributed by atoms with Crippen LogP contribution in [0.5, 0.6) is 0 Å². The summed E-state index contributed by atoms with van der Waals surface area (Å²) in [6, 6.07) is 5.80. The Balaban J connectivity index is 2.89. The van der Waals surface area contributed by atoms with Crippen LogP contribution in [0, 0.1) is 3.57 Å². The molecule has 0 spiro atoms. The molecule has 1 aromatic carbocycles. The molecule has 0 N–H and O–H groups in total. The van der Waals surface area contributed by atoms with Gasteiger partial charge in [0.15, 0.2) is 0 Å². The third-order valence-corrected chi connectivity index (χ3v) is 4.17. The minimum Gasteiger partial charge on any atom is -0.469 e. The van der Waals surface area contributed by atoms with E-state index < -0.39 is 0 Å². The van der Waals surface area contributed by atoms with E-state index in [0.29, 0.717) is 6.42 Å². The molecule has 0 aromatic heterocycles. The Bertz CT molecular complexity index is 325. The number of carbonyl (C=O) groups excluding carboxylic acids is 1. The fraction of sp³-hybridized carbons (Fsp3) is 0.222. The van der Waals surface area contributed by atoms with E-state index in [2.05, 4.69) is 43.3 Å². The molecule has 0 bridgehead atoms. The van der Waals surface area contributed by atoms with Crippen LogP contribution in [0.15, 0.2) is 22.7 Å². The summed E-state index contributed by atoms with van der Waals surface area (Å²) in [7, 11) is 1.39. The van der Waals surface area contributed by atoms with E-state index in [1.807, 2.05) is 18.2 Å². The zero-order valence-corrected chi connectivity index (χ0v) is 10.8. The first-order valence-corrected chi connectivity index (χ1v) is 5.52. The second-order valence-corrected chi connectivity index (χ2v) is 4.42. The van der Waals surface area contributed by atoms with Crippen molar-refractivity contribution in [3.63, 3.8) is 0 Å². The number of methoxy groups -OCH3 is 1. The van der Waals surface area contributed by atoms with Gasteiger partial charge in [-0.1, -0.05) is 12.1 Å². The van der Waals surface area contributed by atoms with E-state index in [1.54, 1.807) is 0 Å². The second kappa shape index (κ2) is 4.95. The normalized spacial score (nSPS) is 9.77. The van der Waals surface area contributed by atoms with Gasteiger partial charge in [0.25, 0.3) is 0 Å². The van der Waals surface area contributed by atoms with E-state index in [4.69, 9.17) is 0 Å². The molecule has 0 aliphatic heterocycles. The van der Waals surface area contributed by atoms with Crippen LogP contribution in [0.25, 0.3) is 0 Å². The molecule has 0 aliphatic carbocycles. The van der Waals surface area contributed by atoms with E-state index in [9.17, 15) is 4.79 Å². The molecule has 0 aliphatic rings. The van der Waals surface area contributed by atoms with Crippen LogP contribution in [-0.2, 0) is 16.0 Å². The Morgan fingerprint density at radius 1 is 1.62 bits per heavy atom. The third-order valence-electron chi connectivity index (χ3n) is 1.59. The standard InChI is InChI=1S/C9H8BrIO2/c1-13-8(12)5-6-3-2-4-7(11)9(6)10/h2-4H,5H2,1H3. The first kappa shape index (κ1) is 11.0. The number of hydrogen-bond donors (Lipinski definition) is 0. The highest BCUT2D eigenvalue weighted by Gasteiger charge is 2.07. The lowest BCUT2D eigenvalue weighted by Gasteiger charge is -2.04. The van der Waals surface area contributed by atoms with E-state index >= 15 is 0 Å². The molecule has 0 amide bonds. The van der Waals surface area contributed by atoms with Crippen LogP contribution in [0.2, 0.25) is 0 Å². The summed E-state index contributed by atoms with van der Waals surface area (Å²) in [6.45, 7) is 0. The monoisotopic (exact) mass is 354 g/mol. The Kier molecular flexibility index (Phi) is 4.18. The number of ether oxygens (including phenoxy) is 1. The maximum absolute atomic E-state index is 11.0. The second-order valence-electron chi connectivity index (χ2n) is 2.47. The average molecular weight is 355 g/mol. The van der Waals surface area contributed by atoms with Crippen LogP contribution >= 0.6 is 38.5 Å². The van der Waals surface area contributed by atoms with Crippen LogP contribution in [0.1, 0.15) is 5.56 Å². The number of carbonyl (C=O) groups is 1. The molecule has 0 heterocycles. The van der Waals surface area contributed by atoms with E-state index in [1.165, 1.54) is 7.11 Å². The molecular weight excluding hydrogens is 347 g/mol. The van der Waals surface area contributed by atoms with Gasteiger partial charge >= 0.3 is 5.97 Å². The van der Waals surface area contributed by atoms with Crippen molar-refractivity contribution < 1.29 is 9.53 Å². The minimum absolute atomic E-state index is 0.220. The van der Waals surface area contributed by atoms with E-state index in [0.717, 1.165) is 13.6 Å². The number of halogens is 2. The van der Waals surface area contributed by atoms with Crippen molar-refractivity contribution in [2.24, 2.45) is 0 Å². The number of rotatable bonds is 2. The highest BCUT2D eigenvalue weighted by atomic mass is 127. The Morgan fingerprint density at radius 2 is 2.31 bits per heavy atom. The molecule has 0 unspecified atom stereocenters. The zero-order valence-electron chi connectivity index (χ0n) is 7.01. The molecule has 0 saturated carbocycles. The average Bonchev–Trinajstić information content (AvgIpc) is 2.13. The van der Waals surface area contributed by atoms with Crippen LogP contribution < -0.4 is 0 Å². The highest BCUT2D eigenvalue weighted by molar-refractivity contribution is 14.1. The number of hydrogen-bond acceptors (Lipinski definition) is 2. The number of esters is 1. The third kappa shape index (κ3) is 2.95. The summed E-state index contributed by atoms with van der Waals surface area (Å²) >= 11 is 5.63.